The molecule has 0 heterocycles. The number of nitriles is 1. The van der Waals surface area contributed by atoms with Crippen molar-refractivity contribution < 1.29 is 9.53 Å². The molecule has 0 unspecified atom stereocenters. The molecule has 1 rings (SSSR count). The van der Waals surface area contributed by atoms with Gasteiger partial charge in [-0.3, -0.25) is 4.79 Å². The average Bonchev–Trinajstić information content (AvgIpc) is 2.26. The predicted molar refractivity (Wildman–Crippen MR) is 66.0 cm³/mol. The Labute approximate surface area is 102 Å². The van der Waals surface area contributed by atoms with E-state index in [1.165, 1.54) is 11.1 Å². The minimum Gasteiger partial charge on any atom is -0.493 e. The number of hydrogen-bond acceptors (Lipinski definition) is 3. The van der Waals surface area contributed by atoms with E-state index in [4.69, 9.17) is 10.00 Å². The van der Waals surface area contributed by atoms with Gasteiger partial charge in [-0.05, 0) is 43.5 Å². The monoisotopic (exact) mass is 231 g/mol. The molecule has 1 aromatic carbocycles. The van der Waals surface area contributed by atoms with Gasteiger partial charge in [-0.25, -0.2) is 0 Å². The highest BCUT2D eigenvalue weighted by Gasteiger charge is 2.05. The molecule has 17 heavy (non-hydrogen) atoms. The minimum absolute atomic E-state index is 0.0325. The molecule has 90 valence electrons. The molecule has 0 aliphatic carbocycles. The largest absolute Gasteiger partial charge is 0.493 e. The fourth-order valence-electron chi connectivity index (χ4n) is 1.54. The van der Waals surface area contributed by atoms with Gasteiger partial charge in [0.2, 0.25) is 0 Å². The highest BCUT2D eigenvalue weighted by atomic mass is 16.5. The van der Waals surface area contributed by atoms with Gasteiger partial charge in [0.05, 0.1) is 19.1 Å². The predicted octanol–water partition coefficient (Wildman–Crippen LogP) is 2.86. The highest BCUT2D eigenvalue weighted by molar-refractivity contribution is 5.80. The van der Waals surface area contributed by atoms with Gasteiger partial charge in [0.1, 0.15) is 11.5 Å². The van der Waals surface area contributed by atoms with Crippen molar-refractivity contribution in [3.8, 4) is 11.8 Å². The van der Waals surface area contributed by atoms with E-state index >= 15 is 0 Å². The summed E-state index contributed by atoms with van der Waals surface area (Å²) in [6.07, 6.45) is 0.259. The molecule has 0 amide bonds. The number of aryl methyl sites for hydroxylation is 3. The second-order valence-corrected chi connectivity index (χ2v) is 4.17. The molecule has 0 saturated heterocycles. The van der Waals surface area contributed by atoms with Crippen molar-refractivity contribution in [2.45, 2.75) is 33.6 Å². The fraction of sp³-hybridized carbons (Fsp3) is 0.429. The number of rotatable bonds is 5. The molecule has 0 atom stereocenters. The second-order valence-electron chi connectivity index (χ2n) is 4.17. The maximum atomic E-state index is 11.1. The van der Waals surface area contributed by atoms with E-state index in [0.717, 1.165) is 11.3 Å². The Balaban J connectivity index is 2.56. The van der Waals surface area contributed by atoms with Crippen LogP contribution in [0.3, 0.4) is 0 Å². The number of Topliss-reactive ketones (excluding diaryl/α,β-unsaturated/α-hetero) is 1. The lowest BCUT2D eigenvalue weighted by Gasteiger charge is -2.11. The van der Waals surface area contributed by atoms with Crippen LogP contribution >= 0.6 is 0 Å². The molecule has 0 radical (unpaired) electrons. The summed E-state index contributed by atoms with van der Waals surface area (Å²) in [6, 6.07) is 5.90. The Morgan fingerprint density at radius 1 is 1.24 bits per heavy atom. The summed E-state index contributed by atoms with van der Waals surface area (Å²) in [5.74, 6) is 0.742. The van der Waals surface area contributed by atoms with E-state index in [1.54, 1.807) is 0 Å². The molecule has 3 nitrogen and oxygen atoms in total. The van der Waals surface area contributed by atoms with Crippen LogP contribution in [0.25, 0.3) is 0 Å². The molecular formula is C14H17NO2. The first-order valence-electron chi connectivity index (χ1n) is 5.64. The van der Waals surface area contributed by atoms with Crippen LogP contribution in [-0.4, -0.2) is 12.4 Å². The van der Waals surface area contributed by atoms with Crippen molar-refractivity contribution in [3.05, 3.63) is 28.8 Å². The van der Waals surface area contributed by atoms with Crippen LogP contribution in [0, 0.1) is 32.1 Å². The number of carbonyl (C=O) groups excluding carboxylic acids is 1. The molecule has 0 aliphatic rings. The third kappa shape index (κ3) is 3.92. The first-order valence-corrected chi connectivity index (χ1v) is 5.64. The zero-order chi connectivity index (χ0) is 12.8. The molecule has 0 saturated carbocycles. The third-order valence-corrected chi connectivity index (χ3v) is 2.71. The molecule has 1 aromatic rings. The minimum atomic E-state index is -0.0750. The van der Waals surface area contributed by atoms with E-state index in [-0.39, 0.29) is 12.2 Å². The van der Waals surface area contributed by atoms with E-state index < -0.39 is 0 Å². The summed E-state index contributed by atoms with van der Waals surface area (Å²) in [7, 11) is 0. The van der Waals surface area contributed by atoms with Crippen LogP contribution < -0.4 is 4.74 Å². The second kappa shape index (κ2) is 6.05. The molecule has 0 fully saturated rings. The van der Waals surface area contributed by atoms with E-state index in [9.17, 15) is 4.79 Å². The summed E-state index contributed by atoms with van der Waals surface area (Å²) in [5, 5.41) is 8.35. The van der Waals surface area contributed by atoms with E-state index in [0.29, 0.717) is 13.0 Å². The summed E-state index contributed by atoms with van der Waals surface area (Å²) in [5.41, 5.74) is 3.48. The lowest BCUT2D eigenvalue weighted by atomic mass is 10.1. The summed E-state index contributed by atoms with van der Waals surface area (Å²) in [4.78, 5) is 11.1. The van der Waals surface area contributed by atoms with Crippen LogP contribution in [0.1, 0.15) is 29.5 Å². The summed E-state index contributed by atoms with van der Waals surface area (Å²) >= 11 is 0. The molecule has 0 N–H and O–H groups in total. The van der Waals surface area contributed by atoms with Crippen LogP contribution in [-0.2, 0) is 4.79 Å². The first-order chi connectivity index (χ1) is 8.04. The Kier molecular flexibility index (Phi) is 4.71. The molecule has 3 heteroatoms. The highest BCUT2D eigenvalue weighted by Crippen LogP contribution is 2.22. The SMILES string of the molecule is Cc1cc(C)c(OCCC(=O)CC#N)cc1C. The smallest absolute Gasteiger partial charge is 0.150 e. The summed E-state index contributed by atoms with van der Waals surface area (Å²) in [6.45, 7) is 6.41. The van der Waals surface area contributed by atoms with Crippen LogP contribution in [0.15, 0.2) is 12.1 Å². The molecule has 0 spiro atoms. The number of carbonyl (C=O) groups is 1. The number of ketones is 1. The Morgan fingerprint density at radius 2 is 1.88 bits per heavy atom. The normalized spacial score (nSPS) is 9.76. The van der Waals surface area contributed by atoms with E-state index in [1.807, 2.05) is 26.0 Å². The fourth-order valence-corrected chi connectivity index (χ4v) is 1.54. The van der Waals surface area contributed by atoms with Gasteiger partial charge in [0.15, 0.2) is 0 Å². The van der Waals surface area contributed by atoms with E-state index in [2.05, 4.69) is 13.0 Å². The molecular weight excluding hydrogens is 214 g/mol. The van der Waals surface area contributed by atoms with Crippen LogP contribution in [0.4, 0.5) is 0 Å². The van der Waals surface area contributed by atoms with Crippen molar-refractivity contribution in [1.29, 1.82) is 5.26 Å². The van der Waals surface area contributed by atoms with Gasteiger partial charge in [0.25, 0.3) is 0 Å². The van der Waals surface area contributed by atoms with Crippen molar-refractivity contribution >= 4 is 5.78 Å². The lowest BCUT2D eigenvalue weighted by Crippen LogP contribution is -2.06. The van der Waals surface area contributed by atoms with Gasteiger partial charge in [-0.15, -0.1) is 0 Å². The Bertz CT molecular complexity index is 458. The van der Waals surface area contributed by atoms with Crippen LogP contribution in [0.2, 0.25) is 0 Å². The van der Waals surface area contributed by atoms with Gasteiger partial charge in [-0.2, -0.15) is 5.26 Å². The number of benzene rings is 1. The van der Waals surface area contributed by atoms with Crippen molar-refractivity contribution in [3.63, 3.8) is 0 Å². The van der Waals surface area contributed by atoms with Gasteiger partial charge < -0.3 is 4.74 Å². The number of ether oxygens (including phenoxy) is 1. The average molecular weight is 231 g/mol. The maximum Gasteiger partial charge on any atom is 0.150 e. The molecule has 0 aromatic heterocycles. The molecule has 0 bridgehead atoms. The number of hydrogen-bond donors (Lipinski definition) is 0. The van der Waals surface area contributed by atoms with Crippen molar-refractivity contribution in [1.82, 2.24) is 0 Å². The lowest BCUT2D eigenvalue weighted by molar-refractivity contribution is -0.118. The quantitative estimate of drug-likeness (QED) is 0.783. The molecule has 0 aliphatic heterocycles. The number of nitrogens with zero attached hydrogens (tertiary/aromatic N) is 1. The Morgan fingerprint density at radius 3 is 2.53 bits per heavy atom. The van der Waals surface area contributed by atoms with Gasteiger partial charge in [0, 0.05) is 6.42 Å². The van der Waals surface area contributed by atoms with Crippen molar-refractivity contribution in [2.75, 3.05) is 6.61 Å². The summed E-state index contributed by atoms with van der Waals surface area (Å²) < 4.78 is 5.56. The van der Waals surface area contributed by atoms with Crippen LogP contribution in [0.5, 0.6) is 5.75 Å². The zero-order valence-corrected chi connectivity index (χ0v) is 10.5. The topological polar surface area (TPSA) is 50.1 Å². The van der Waals surface area contributed by atoms with Crippen molar-refractivity contribution in [2.24, 2.45) is 0 Å². The van der Waals surface area contributed by atoms with Gasteiger partial charge >= 0.3 is 0 Å². The maximum absolute atomic E-state index is 11.1. The standard InChI is InChI=1S/C14H17NO2/c1-10-8-12(3)14(9-11(10)2)17-7-5-13(16)4-6-15/h8-9H,4-5,7H2,1-3H3. The Hall–Kier alpha value is -1.82. The van der Waals surface area contributed by atoms with Gasteiger partial charge in [-0.1, -0.05) is 6.07 Å². The first kappa shape index (κ1) is 13.2. The zero-order valence-electron chi connectivity index (χ0n) is 10.5. The third-order valence-electron chi connectivity index (χ3n) is 2.71.